The topological polar surface area (TPSA) is 61.4 Å². The fourth-order valence-electron chi connectivity index (χ4n) is 3.21. The Morgan fingerprint density at radius 2 is 2.00 bits per heavy atom. The monoisotopic (exact) mass is 337 g/mol. The van der Waals surface area contributed by atoms with Gasteiger partial charge in [0.15, 0.2) is 0 Å². The molecule has 2 aliphatic heterocycles. The summed E-state index contributed by atoms with van der Waals surface area (Å²) in [7, 11) is 0. The number of nitrogens with one attached hydrogen (secondary N) is 2. The summed E-state index contributed by atoms with van der Waals surface area (Å²) in [6, 6.07) is 5.57. The van der Waals surface area contributed by atoms with Crippen molar-refractivity contribution in [2.75, 3.05) is 31.5 Å². The number of nitrogens with zero attached hydrogens (tertiary/aromatic N) is 1. The van der Waals surface area contributed by atoms with E-state index in [9.17, 15) is 9.59 Å². The lowest BCUT2D eigenvalue weighted by molar-refractivity contribution is -0.119. The van der Waals surface area contributed by atoms with Gasteiger partial charge in [0.1, 0.15) is 0 Å². The molecule has 126 valence electrons. The quantitative estimate of drug-likeness (QED) is 0.889. The molecule has 6 heteroatoms. The highest BCUT2D eigenvalue weighted by Crippen LogP contribution is 2.23. The number of carbonyl (C=O) groups excluding carboxylic acids is 2. The third-order valence-electron chi connectivity index (χ3n) is 4.65. The number of rotatable bonds is 3. The molecular formula is C17H24ClN3O2. The molecule has 2 fully saturated rings. The van der Waals surface area contributed by atoms with Crippen LogP contribution in [0.1, 0.15) is 35.2 Å². The van der Waals surface area contributed by atoms with Crippen molar-refractivity contribution in [3.63, 3.8) is 0 Å². The van der Waals surface area contributed by atoms with Crippen LogP contribution in [0.4, 0.5) is 5.69 Å². The molecule has 2 heterocycles. The van der Waals surface area contributed by atoms with Gasteiger partial charge in [0, 0.05) is 30.9 Å². The lowest BCUT2D eigenvalue weighted by Gasteiger charge is -2.19. The highest BCUT2D eigenvalue weighted by atomic mass is 35.5. The van der Waals surface area contributed by atoms with E-state index in [1.54, 1.807) is 0 Å². The van der Waals surface area contributed by atoms with Crippen LogP contribution < -0.4 is 10.6 Å². The van der Waals surface area contributed by atoms with Crippen LogP contribution in [0, 0.1) is 12.8 Å². The number of hydrogen-bond donors (Lipinski definition) is 2. The molecule has 0 saturated carbocycles. The van der Waals surface area contributed by atoms with E-state index in [1.807, 2.05) is 30.0 Å². The molecule has 0 bridgehead atoms. The molecule has 1 unspecified atom stereocenters. The highest BCUT2D eigenvalue weighted by Gasteiger charge is 2.25. The van der Waals surface area contributed by atoms with E-state index in [2.05, 4.69) is 10.6 Å². The fourth-order valence-corrected chi connectivity index (χ4v) is 3.21. The van der Waals surface area contributed by atoms with Crippen molar-refractivity contribution in [3.05, 3.63) is 29.3 Å². The number of anilines is 1. The van der Waals surface area contributed by atoms with Crippen LogP contribution in [0.3, 0.4) is 0 Å². The van der Waals surface area contributed by atoms with Gasteiger partial charge >= 0.3 is 0 Å². The zero-order valence-electron chi connectivity index (χ0n) is 13.4. The Morgan fingerprint density at radius 1 is 1.26 bits per heavy atom. The Balaban J connectivity index is 0.00000192. The van der Waals surface area contributed by atoms with E-state index >= 15 is 0 Å². The average Bonchev–Trinajstić information content (AvgIpc) is 3.22. The van der Waals surface area contributed by atoms with Crippen molar-refractivity contribution in [2.24, 2.45) is 5.92 Å². The number of carbonyl (C=O) groups is 2. The second-order valence-electron chi connectivity index (χ2n) is 6.16. The van der Waals surface area contributed by atoms with Gasteiger partial charge < -0.3 is 15.5 Å². The van der Waals surface area contributed by atoms with Crippen LogP contribution in [-0.4, -0.2) is 42.9 Å². The second-order valence-corrected chi connectivity index (χ2v) is 6.16. The molecule has 0 aromatic heterocycles. The molecule has 2 amide bonds. The van der Waals surface area contributed by atoms with E-state index in [4.69, 9.17) is 0 Å². The van der Waals surface area contributed by atoms with E-state index in [0.29, 0.717) is 5.56 Å². The van der Waals surface area contributed by atoms with Gasteiger partial charge in [-0.2, -0.15) is 0 Å². The largest absolute Gasteiger partial charge is 0.339 e. The van der Waals surface area contributed by atoms with Gasteiger partial charge in [0.2, 0.25) is 5.91 Å². The SMILES string of the molecule is Cc1c(NC(=O)C2CCNC2)cccc1C(=O)N1CCCC1.Cl. The minimum atomic E-state index is 0. The van der Waals surface area contributed by atoms with Gasteiger partial charge in [0.05, 0.1) is 5.92 Å². The summed E-state index contributed by atoms with van der Waals surface area (Å²) >= 11 is 0. The number of benzene rings is 1. The van der Waals surface area contributed by atoms with Crippen LogP contribution in [0.2, 0.25) is 0 Å². The van der Waals surface area contributed by atoms with Crippen LogP contribution in [0.5, 0.6) is 0 Å². The van der Waals surface area contributed by atoms with E-state index in [1.165, 1.54) is 0 Å². The molecule has 1 aromatic rings. The van der Waals surface area contributed by atoms with Crippen molar-refractivity contribution in [1.29, 1.82) is 0 Å². The van der Waals surface area contributed by atoms with E-state index in [-0.39, 0.29) is 30.1 Å². The molecule has 0 radical (unpaired) electrons. The van der Waals surface area contributed by atoms with Crippen molar-refractivity contribution >= 4 is 29.9 Å². The molecule has 1 aromatic carbocycles. The molecule has 2 saturated heterocycles. The van der Waals surface area contributed by atoms with Crippen molar-refractivity contribution in [2.45, 2.75) is 26.2 Å². The first-order valence-corrected chi connectivity index (χ1v) is 8.07. The maximum atomic E-state index is 12.6. The van der Waals surface area contributed by atoms with Crippen LogP contribution in [0.25, 0.3) is 0 Å². The van der Waals surface area contributed by atoms with Crippen LogP contribution in [0.15, 0.2) is 18.2 Å². The van der Waals surface area contributed by atoms with Crippen LogP contribution in [-0.2, 0) is 4.79 Å². The van der Waals surface area contributed by atoms with Crippen LogP contribution >= 0.6 is 12.4 Å². The molecule has 2 N–H and O–H groups in total. The second kappa shape index (κ2) is 7.79. The first-order valence-electron chi connectivity index (χ1n) is 8.07. The molecule has 2 aliphatic rings. The Hall–Kier alpha value is -1.59. The van der Waals surface area contributed by atoms with E-state index in [0.717, 1.165) is 56.7 Å². The number of hydrogen-bond acceptors (Lipinski definition) is 3. The maximum Gasteiger partial charge on any atom is 0.254 e. The average molecular weight is 338 g/mol. The van der Waals surface area contributed by atoms with E-state index < -0.39 is 0 Å². The Labute approximate surface area is 143 Å². The summed E-state index contributed by atoms with van der Waals surface area (Å²) in [4.78, 5) is 26.7. The summed E-state index contributed by atoms with van der Waals surface area (Å²) in [6.07, 6.45) is 3.03. The molecule has 3 rings (SSSR count). The first kappa shape index (κ1) is 17.8. The van der Waals surface area contributed by atoms with Gasteiger partial charge in [-0.3, -0.25) is 9.59 Å². The Bertz CT molecular complexity index is 579. The zero-order chi connectivity index (χ0) is 15.5. The fraction of sp³-hybridized carbons (Fsp3) is 0.529. The zero-order valence-corrected chi connectivity index (χ0v) is 14.2. The predicted molar refractivity (Wildman–Crippen MR) is 93.2 cm³/mol. The minimum Gasteiger partial charge on any atom is -0.339 e. The normalized spacial score (nSPS) is 20.2. The molecule has 23 heavy (non-hydrogen) atoms. The predicted octanol–water partition coefficient (Wildman–Crippen LogP) is 2.20. The molecule has 0 aliphatic carbocycles. The number of likely N-dealkylation sites (tertiary alicyclic amines) is 1. The molecular weight excluding hydrogens is 314 g/mol. The molecule has 1 atom stereocenters. The van der Waals surface area contributed by atoms with Crippen molar-refractivity contribution in [1.82, 2.24) is 10.2 Å². The lowest BCUT2D eigenvalue weighted by Crippen LogP contribution is -2.29. The minimum absolute atomic E-state index is 0. The highest BCUT2D eigenvalue weighted by molar-refractivity contribution is 6.00. The summed E-state index contributed by atoms with van der Waals surface area (Å²) in [6.45, 7) is 5.21. The standard InChI is InChI=1S/C17H23N3O2.ClH/c1-12-14(17(22)20-9-2-3-10-20)5-4-6-15(12)19-16(21)13-7-8-18-11-13;/h4-6,13,18H,2-3,7-11H2,1H3,(H,19,21);1H. The van der Waals surface area contributed by atoms with Gasteiger partial charge in [-0.25, -0.2) is 0 Å². The third kappa shape index (κ3) is 3.85. The Morgan fingerprint density at radius 3 is 2.65 bits per heavy atom. The van der Waals surface area contributed by atoms with Crippen molar-refractivity contribution in [3.8, 4) is 0 Å². The van der Waals surface area contributed by atoms with Gasteiger partial charge in [0.25, 0.3) is 5.91 Å². The lowest BCUT2D eigenvalue weighted by atomic mass is 10.0. The molecule has 5 nitrogen and oxygen atoms in total. The molecule has 0 spiro atoms. The summed E-state index contributed by atoms with van der Waals surface area (Å²) in [5.41, 5.74) is 2.31. The van der Waals surface area contributed by atoms with Crippen molar-refractivity contribution < 1.29 is 9.59 Å². The van der Waals surface area contributed by atoms with Gasteiger partial charge in [-0.1, -0.05) is 6.07 Å². The number of amides is 2. The smallest absolute Gasteiger partial charge is 0.254 e. The van der Waals surface area contributed by atoms with Gasteiger partial charge in [-0.15, -0.1) is 12.4 Å². The number of halogens is 1. The summed E-state index contributed by atoms with van der Waals surface area (Å²) < 4.78 is 0. The summed E-state index contributed by atoms with van der Waals surface area (Å²) in [5, 5.41) is 6.19. The van der Waals surface area contributed by atoms with Gasteiger partial charge in [-0.05, 0) is 50.4 Å². The maximum absolute atomic E-state index is 12.6. The third-order valence-corrected chi connectivity index (χ3v) is 4.65. The Kier molecular flexibility index (Phi) is 6.02. The first-order chi connectivity index (χ1) is 10.7. The summed E-state index contributed by atoms with van der Waals surface area (Å²) in [5.74, 6) is 0.143.